The van der Waals surface area contributed by atoms with E-state index in [-0.39, 0.29) is 24.3 Å². The molecule has 1 amide bonds. The molecule has 0 saturated carbocycles. The Labute approximate surface area is 120 Å². The number of likely N-dealkylation sites (tertiary alicyclic amines) is 1. The molecular weight excluding hydrogens is 286 g/mol. The second-order valence-electron chi connectivity index (χ2n) is 4.55. The Hall–Kier alpha value is -1.79. The van der Waals surface area contributed by atoms with Crippen LogP contribution < -0.4 is 0 Å². The third-order valence-corrected chi connectivity index (χ3v) is 3.44. The minimum atomic E-state index is -0.849. The smallest absolute Gasteiger partial charge is 0.328 e. The Balaban J connectivity index is 2.29. The number of phenols is 1. The molecule has 0 aromatic heterocycles. The number of carbonyl (C=O) groups is 2. The van der Waals surface area contributed by atoms with Gasteiger partial charge in [-0.15, -0.1) is 0 Å². The van der Waals surface area contributed by atoms with Crippen LogP contribution in [0.5, 0.6) is 5.75 Å². The SMILES string of the molecule is COC(=O)C1CC(O)CN1C(=O)c1ccc(Cl)cc1O. The second kappa shape index (κ2) is 5.68. The molecule has 2 atom stereocenters. The molecule has 1 heterocycles. The lowest BCUT2D eigenvalue weighted by atomic mass is 10.1. The van der Waals surface area contributed by atoms with Crippen LogP contribution in [0, 0.1) is 0 Å². The molecule has 0 radical (unpaired) electrons. The lowest BCUT2D eigenvalue weighted by Gasteiger charge is -2.22. The molecule has 1 aliphatic heterocycles. The first-order valence-corrected chi connectivity index (χ1v) is 6.37. The molecule has 2 N–H and O–H groups in total. The van der Waals surface area contributed by atoms with Crippen LogP contribution >= 0.6 is 11.6 Å². The van der Waals surface area contributed by atoms with Crippen molar-refractivity contribution < 1.29 is 24.5 Å². The summed E-state index contributed by atoms with van der Waals surface area (Å²) in [6.45, 7) is 0.0146. The predicted molar refractivity (Wildman–Crippen MR) is 70.6 cm³/mol. The van der Waals surface area contributed by atoms with Gasteiger partial charge in [-0.25, -0.2) is 4.79 Å². The average molecular weight is 300 g/mol. The van der Waals surface area contributed by atoms with Crippen LogP contribution in [-0.4, -0.2) is 52.8 Å². The number of benzene rings is 1. The van der Waals surface area contributed by atoms with Gasteiger partial charge in [0.05, 0.1) is 18.8 Å². The van der Waals surface area contributed by atoms with Crippen molar-refractivity contribution in [2.45, 2.75) is 18.6 Å². The summed E-state index contributed by atoms with van der Waals surface area (Å²) in [5.74, 6) is -1.41. The van der Waals surface area contributed by atoms with Crippen molar-refractivity contribution in [3.8, 4) is 5.75 Å². The molecule has 108 valence electrons. The summed E-state index contributed by atoms with van der Waals surface area (Å²) >= 11 is 5.71. The van der Waals surface area contributed by atoms with Crippen molar-refractivity contribution in [2.24, 2.45) is 0 Å². The largest absolute Gasteiger partial charge is 0.507 e. The summed E-state index contributed by atoms with van der Waals surface area (Å²) in [4.78, 5) is 25.2. The van der Waals surface area contributed by atoms with Crippen molar-refractivity contribution in [1.82, 2.24) is 4.90 Å². The zero-order valence-electron chi connectivity index (χ0n) is 10.7. The number of aliphatic hydroxyl groups is 1. The van der Waals surface area contributed by atoms with Crippen LogP contribution in [0.3, 0.4) is 0 Å². The second-order valence-corrected chi connectivity index (χ2v) is 4.98. The van der Waals surface area contributed by atoms with Crippen LogP contribution in [0.25, 0.3) is 0 Å². The number of ether oxygens (including phenoxy) is 1. The minimum absolute atomic E-state index is 0.0146. The fraction of sp³-hybridized carbons (Fsp3) is 0.385. The van der Waals surface area contributed by atoms with E-state index in [0.717, 1.165) is 0 Å². The van der Waals surface area contributed by atoms with Crippen LogP contribution in [-0.2, 0) is 9.53 Å². The molecular formula is C13H14ClNO5. The van der Waals surface area contributed by atoms with Gasteiger partial charge >= 0.3 is 5.97 Å². The number of rotatable bonds is 2. The highest BCUT2D eigenvalue weighted by molar-refractivity contribution is 6.30. The first-order chi connectivity index (χ1) is 9.43. The maximum atomic E-state index is 12.4. The zero-order valence-corrected chi connectivity index (χ0v) is 11.5. The number of β-amino-alcohol motifs (C(OH)–C–C–N with tert-alkyl or cyclic N) is 1. The topological polar surface area (TPSA) is 87.1 Å². The van der Waals surface area contributed by atoms with Gasteiger partial charge in [-0.05, 0) is 18.2 Å². The summed E-state index contributed by atoms with van der Waals surface area (Å²) in [5.41, 5.74) is 0.0254. The third kappa shape index (κ3) is 2.71. The average Bonchev–Trinajstić information content (AvgIpc) is 2.79. The number of methoxy groups -OCH3 is 1. The van der Waals surface area contributed by atoms with Gasteiger partial charge < -0.3 is 19.8 Å². The number of hydrogen-bond acceptors (Lipinski definition) is 5. The molecule has 2 rings (SSSR count). The van der Waals surface area contributed by atoms with E-state index in [4.69, 9.17) is 11.6 Å². The van der Waals surface area contributed by atoms with Gasteiger partial charge in [0.1, 0.15) is 11.8 Å². The Morgan fingerprint density at radius 1 is 1.45 bits per heavy atom. The third-order valence-electron chi connectivity index (χ3n) is 3.20. The normalized spacial score (nSPS) is 21.9. The lowest BCUT2D eigenvalue weighted by molar-refractivity contribution is -0.145. The van der Waals surface area contributed by atoms with Gasteiger partial charge in [0.25, 0.3) is 5.91 Å². The maximum absolute atomic E-state index is 12.4. The predicted octanol–water partition coefficient (Wildman–Crippen LogP) is 0.794. The van der Waals surface area contributed by atoms with Crippen LogP contribution in [0.2, 0.25) is 5.02 Å². The molecule has 0 bridgehead atoms. The molecule has 7 heteroatoms. The monoisotopic (exact) mass is 299 g/mol. The highest BCUT2D eigenvalue weighted by atomic mass is 35.5. The quantitative estimate of drug-likeness (QED) is 0.789. The number of aliphatic hydroxyl groups excluding tert-OH is 1. The number of phenolic OH excluding ortho intramolecular Hbond substituents is 1. The van der Waals surface area contributed by atoms with Gasteiger partial charge in [-0.3, -0.25) is 4.79 Å². The van der Waals surface area contributed by atoms with Gasteiger partial charge in [-0.1, -0.05) is 11.6 Å². The summed E-state index contributed by atoms with van der Waals surface area (Å²) in [6, 6.07) is 3.24. The Morgan fingerprint density at radius 2 is 2.15 bits per heavy atom. The molecule has 1 aliphatic rings. The van der Waals surface area contributed by atoms with E-state index in [1.165, 1.54) is 30.2 Å². The van der Waals surface area contributed by atoms with E-state index in [1.54, 1.807) is 0 Å². The number of nitrogens with zero attached hydrogens (tertiary/aromatic N) is 1. The molecule has 2 unspecified atom stereocenters. The molecule has 6 nitrogen and oxygen atoms in total. The summed E-state index contributed by atoms with van der Waals surface area (Å²) in [5, 5.41) is 19.7. The highest BCUT2D eigenvalue weighted by Crippen LogP contribution is 2.27. The van der Waals surface area contributed by atoms with E-state index in [1.807, 2.05) is 0 Å². The Bertz CT molecular complexity index is 548. The standard InChI is InChI=1S/C13H14ClNO5/c1-20-13(19)10-5-8(16)6-15(10)12(18)9-3-2-7(14)4-11(9)17/h2-4,8,10,16-17H,5-6H2,1H3. The van der Waals surface area contributed by atoms with E-state index in [9.17, 15) is 19.8 Å². The van der Waals surface area contributed by atoms with Gasteiger partial charge in [0, 0.05) is 18.0 Å². The summed E-state index contributed by atoms with van der Waals surface area (Å²) in [6.07, 6.45) is -0.676. The van der Waals surface area contributed by atoms with Gasteiger partial charge in [0.2, 0.25) is 0 Å². The molecule has 1 saturated heterocycles. The van der Waals surface area contributed by atoms with Crippen LogP contribution in [0.4, 0.5) is 0 Å². The molecule has 0 aliphatic carbocycles. The van der Waals surface area contributed by atoms with Gasteiger partial charge in [0.15, 0.2) is 0 Å². The summed E-state index contributed by atoms with van der Waals surface area (Å²) in [7, 11) is 1.22. The summed E-state index contributed by atoms with van der Waals surface area (Å²) < 4.78 is 4.62. The van der Waals surface area contributed by atoms with E-state index in [2.05, 4.69) is 4.74 Å². The van der Waals surface area contributed by atoms with E-state index < -0.39 is 24.0 Å². The van der Waals surface area contributed by atoms with Crippen molar-refractivity contribution in [3.05, 3.63) is 28.8 Å². The number of aromatic hydroxyl groups is 1. The molecule has 0 spiro atoms. The minimum Gasteiger partial charge on any atom is -0.507 e. The first-order valence-electron chi connectivity index (χ1n) is 5.99. The number of carbonyl (C=O) groups excluding carboxylic acids is 2. The first kappa shape index (κ1) is 14.6. The zero-order chi connectivity index (χ0) is 14.9. The lowest BCUT2D eigenvalue weighted by Crippen LogP contribution is -2.41. The fourth-order valence-corrected chi connectivity index (χ4v) is 2.40. The Morgan fingerprint density at radius 3 is 2.75 bits per heavy atom. The van der Waals surface area contributed by atoms with Crippen molar-refractivity contribution in [3.63, 3.8) is 0 Å². The molecule has 20 heavy (non-hydrogen) atoms. The number of hydrogen-bond donors (Lipinski definition) is 2. The number of halogens is 1. The van der Waals surface area contributed by atoms with E-state index in [0.29, 0.717) is 5.02 Å². The van der Waals surface area contributed by atoms with Crippen molar-refractivity contribution in [2.75, 3.05) is 13.7 Å². The number of amides is 1. The molecule has 1 fully saturated rings. The highest BCUT2D eigenvalue weighted by Gasteiger charge is 2.40. The molecule has 1 aromatic rings. The maximum Gasteiger partial charge on any atom is 0.328 e. The van der Waals surface area contributed by atoms with Crippen molar-refractivity contribution in [1.29, 1.82) is 0 Å². The fourth-order valence-electron chi connectivity index (χ4n) is 2.24. The molecule has 1 aromatic carbocycles. The van der Waals surface area contributed by atoms with Gasteiger partial charge in [-0.2, -0.15) is 0 Å². The van der Waals surface area contributed by atoms with Crippen molar-refractivity contribution >= 4 is 23.5 Å². The number of esters is 1. The van der Waals surface area contributed by atoms with Crippen LogP contribution in [0.1, 0.15) is 16.8 Å². The Kier molecular flexibility index (Phi) is 4.15. The van der Waals surface area contributed by atoms with Crippen LogP contribution in [0.15, 0.2) is 18.2 Å². The van der Waals surface area contributed by atoms with E-state index >= 15 is 0 Å².